The van der Waals surface area contributed by atoms with Crippen LogP contribution in [0.3, 0.4) is 0 Å². The minimum atomic E-state index is -0.955. The van der Waals surface area contributed by atoms with Crippen molar-refractivity contribution in [1.29, 1.82) is 0 Å². The smallest absolute Gasteiger partial charge is 0.344 e. The number of nitrogens with zero attached hydrogens (tertiary/aromatic N) is 1. The van der Waals surface area contributed by atoms with Gasteiger partial charge in [-0.25, -0.2) is 4.79 Å². The van der Waals surface area contributed by atoms with Crippen molar-refractivity contribution < 1.29 is 14.5 Å². The molecule has 8 heteroatoms. The molecule has 0 aliphatic rings. The minimum absolute atomic E-state index is 0.0444. The van der Waals surface area contributed by atoms with E-state index in [2.05, 4.69) is 0 Å². The van der Waals surface area contributed by atoms with Gasteiger partial charge in [0, 0.05) is 6.07 Å². The largest absolute Gasteiger partial charge is 0.457 e. The highest BCUT2D eigenvalue weighted by Gasteiger charge is 2.21. The molecule has 0 bridgehead atoms. The zero-order valence-corrected chi connectivity index (χ0v) is 10.7. The van der Waals surface area contributed by atoms with Crippen LogP contribution in [-0.4, -0.2) is 15.9 Å². The van der Waals surface area contributed by atoms with Gasteiger partial charge in [-0.05, 0) is 5.56 Å². The van der Waals surface area contributed by atoms with Gasteiger partial charge in [-0.3, -0.25) is 14.9 Å². The summed E-state index contributed by atoms with van der Waals surface area (Å²) in [6.45, 7) is -0.0444. The van der Waals surface area contributed by atoms with E-state index in [9.17, 15) is 19.7 Å². The highest BCUT2D eigenvalue weighted by Crippen LogP contribution is 2.17. The van der Waals surface area contributed by atoms with Crippen LogP contribution in [0.1, 0.15) is 15.9 Å². The lowest BCUT2D eigenvalue weighted by molar-refractivity contribution is -0.384. The van der Waals surface area contributed by atoms with Crippen molar-refractivity contribution in [3.63, 3.8) is 0 Å². The van der Waals surface area contributed by atoms with Crippen LogP contribution < -0.4 is 11.3 Å². The Morgan fingerprint density at radius 3 is 2.62 bits per heavy atom. The van der Waals surface area contributed by atoms with Crippen LogP contribution in [-0.2, 0) is 11.3 Å². The van der Waals surface area contributed by atoms with E-state index >= 15 is 0 Å². The van der Waals surface area contributed by atoms with Gasteiger partial charge in [0.2, 0.25) is 0 Å². The number of hydrogen-bond acceptors (Lipinski definition) is 6. The molecule has 0 aliphatic carbocycles. The van der Waals surface area contributed by atoms with Crippen LogP contribution in [0, 0.1) is 10.1 Å². The van der Waals surface area contributed by atoms with Crippen molar-refractivity contribution in [3.8, 4) is 0 Å². The molecule has 2 aromatic rings. The highest BCUT2D eigenvalue weighted by atomic mass is 16.6. The van der Waals surface area contributed by atoms with E-state index in [1.807, 2.05) is 4.98 Å². The maximum atomic E-state index is 11.8. The van der Waals surface area contributed by atoms with Gasteiger partial charge in [0.05, 0.1) is 4.92 Å². The molecule has 0 unspecified atom stereocenters. The number of nitrogens with one attached hydrogen (secondary N) is 1. The van der Waals surface area contributed by atoms with Gasteiger partial charge in [0.15, 0.2) is 5.82 Å². The molecule has 0 fully saturated rings. The number of carbonyl (C=O) groups is 1. The maximum absolute atomic E-state index is 11.8. The summed E-state index contributed by atoms with van der Waals surface area (Å²) in [6, 6.07) is 9.63. The number of aromatic amines is 1. The summed E-state index contributed by atoms with van der Waals surface area (Å²) in [5.41, 5.74) is 4.18. The summed E-state index contributed by atoms with van der Waals surface area (Å²) in [5, 5.41) is 10.7. The third kappa shape index (κ3) is 3.24. The Morgan fingerprint density at radius 2 is 2.00 bits per heavy atom. The fourth-order valence-corrected chi connectivity index (χ4v) is 1.64. The summed E-state index contributed by atoms with van der Waals surface area (Å²) in [5.74, 6) is -1.37. The standard InChI is InChI=1S/C13H11N3O5/c14-11-10(16(19)20)6-9(12(17)15-11)13(18)21-7-8-4-2-1-3-5-8/h1-6H,7H2,(H3,14,15,17). The van der Waals surface area contributed by atoms with Crippen molar-refractivity contribution in [2.24, 2.45) is 0 Å². The molecular formula is C13H11N3O5. The van der Waals surface area contributed by atoms with Gasteiger partial charge in [0.25, 0.3) is 5.56 Å². The van der Waals surface area contributed by atoms with Crippen molar-refractivity contribution in [3.05, 3.63) is 68.0 Å². The molecule has 0 saturated carbocycles. The van der Waals surface area contributed by atoms with E-state index in [1.165, 1.54) is 0 Å². The van der Waals surface area contributed by atoms with E-state index in [0.29, 0.717) is 0 Å². The van der Waals surface area contributed by atoms with Gasteiger partial charge in [-0.2, -0.15) is 0 Å². The van der Waals surface area contributed by atoms with E-state index in [-0.39, 0.29) is 6.61 Å². The van der Waals surface area contributed by atoms with Gasteiger partial charge in [-0.1, -0.05) is 30.3 Å². The molecule has 108 valence electrons. The number of pyridine rings is 1. The Balaban J connectivity index is 2.21. The lowest BCUT2D eigenvalue weighted by Gasteiger charge is -2.05. The molecule has 1 aromatic carbocycles. The molecular weight excluding hydrogens is 278 g/mol. The Bertz CT molecular complexity index is 739. The first kappa shape index (κ1) is 14.3. The molecule has 2 rings (SSSR count). The molecule has 3 N–H and O–H groups in total. The molecule has 1 aromatic heterocycles. The number of nitrogen functional groups attached to an aromatic ring is 1. The first-order chi connectivity index (χ1) is 9.99. The Hall–Kier alpha value is -3.16. The molecule has 21 heavy (non-hydrogen) atoms. The summed E-state index contributed by atoms with van der Waals surface area (Å²) in [6.07, 6.45) is 0. The van der Waals surface area contributed by atoms with Crippen molar-refractivity contribution in [2.75, 3.05) is 5.73 Å². The van der Waals surface area contributed by atoms with Crippen molar-refractivity contribution in [1.82, 2.24) is 4.98 Å². The predicted molar refractivity (Wildman–Crippen MR) is 73.7 cm³/mol. The summed E-state index contributed by atoms with van der Waals surface area (Å²) < 4.78 is 4.95. The Labute approximate surface area is 118 Å². The molecule has 0 amide bonds. The second-order valence-electron chi connectivity index (χ2n) is 4.13. The molecule has 8 nitrogen and oxygen atoms in total. The van der Waals surface area contributed by atoms with Gasteiger partial charge >= 0.3 is 11.7 Å². The lowest BCUT2D eigenvalue weighted by atomic mass is 10.2. The Kier molecular flexibility index (Phi) is 3.98. The van der Waals surface area contributed by atoms with Crippen LogP contribution in [0.2, 0.25) is 0 Å². The summed E-state index contributed by atoms with van der Waals surface area (Å²) in [4.78, 5) is 35.4. The number of H-pyrrole nitrogens is 1. The van der Waals surface area contributed by atoms with Crippen LogP contribution in [0.25, 0.3) is 0 Å². The summed E-state index contributed by atoms with van der Waals surface area (Å²) in [7, 11) is 0. The number of carbonyl (C=O) groups excluding carboxylic acids is 1. The number of ether oxygens (including phenoxy) is 1. The number of anilines is 1. The van der Waals surface area contributed by atoms with E-state index in [0.717, 1.165) is 11.6 Å². The van der Waals surface area contributed by atoms with E-state index < -0.39 is 33.5 Å². The predicted octanol–water partition coefficient (Wildman–Crippen LogP) is 1.22. The Morgan fingerprint density at radius 1 is 1.33 bits per heavy atom. The van der Waals surface area contributed by atoms with E-state index in [4.69, 9.17) is 10.5 Å². The van der Waals surface area contributed by atoms with Crippen LogP contribution in [0.5, 0.6) is 0 Å². The molecule has 0 atom stereocenters. The van der Waals surface area contributed by atoms with E-state index in [1.54, 1.807) is 30.3 Å². The van der Waals surface area contributed by atoms with Crippen LogP contribution >= 0.6 is 0 Å². The molecule has 1 heterocycles. The second-order valence-corrected chi connectivity index (χ2v) is 4.13. The third-order valence-electron chi connectivity index (χ3n) is 2.68. The average molecular weight is 289 g/mol. The topological polar surface area (TPSA) is 128 Å². The van der Waals surface area contributed by atoms with Crippen molar-refractivity contribution >= 4 is 17.5 Å². The molecule has 0 spiro atoms. The lowest BCUT2D eigenvalue weighted by Crippen LogP contribution is -2.21. The zero-order chi connectivity index (χ0) is 15.4. The average Bonchev–Trinajstić information content (AvgIpc) is 2.45. The SMILES string of the molecule is Nc1[nH]c(=O)c(C(=O)OCc2ccccc2)cc1[N+](=O)[O-]. The minimum Gasteiger partial charge on any atom is -0.457 e. The van der Waals surface area contributed by atoms with Crippen LogP contribution in [0.4, 0.5) is 11.5 Å². The number of nitro groups is 1. The fraction of sp³-hybridized carbons (Fsp3) is 0.0769. The number of hydrogen-bond donors (Lipinski definition) is 2. The highest BCUT2D eigenvalue weighted by molar-refractivity contribution is 5.90. The normalized spacial score (nSPS) is 10.1. The molecule has 0 radical (unpaired) electrons. The number of esters is 1. The maximum Gasteiger partial charge on any atom is 0.344 e. The number of nitrogens with two attached hydrogens (primary N) is 1. The van der Waals surface area contributed by atoms with Crippen LogP contribution in [0.15, 0.2) is 41.2 Å². The quantitative estimate of drug-likeness (QED) is 0.494. The first-order valence-electron chi connectivity index (χ1n) is 5.87. The van der Waals surface area contributed by atoms with Gasteiger partial charge in [0.1, 0.15) is 12.2 Å². The summed E-state index contributed by atoms with van der Waals surface area (Å²) >= 11 is 0. The second kappa shape index (κ2) is 5.87. The first-order valence-corrected chi connectivity index (χ1v) is 5.87. The molecule has 0 aliphatic heterocycles. The van der Waals surface area contributed by atoms with Crippen molar-refractivity contribution in [2.45, 2.75) is 6.61 Å². The number of rotatable bonds is 4. The third-order valence-corrected chi connectivity index (χ3v) is 2.68. The number of benzene rings is 1. The fourth-order valence-electron chi connectivity index (χ4n) is 1.64. The van der Waals surface area contributed by atoms with Gasteiger partial charge < -0.3 is 15.5 Å². The number of aromatic nitrogens is 1. The zero-order valence-electron chi connectivity index (χ0n) is 10.7. The van der Waals surface area contributed by atoms with Gasteiger partial charge in [-0.15, -0.1) is 0 Å². The molecule has 0 saturated heterocycles. The monoisotopic (exact) mass is 289 g/mol.